The molecule has 0 aliphatic carbocycles. The molecule has 1 N–H and O–H groups in total. The molecule has 1 unspecified atom stereocenters. The lowest BCUT2D eigenvalue weighted by molar-refractivity contribution is -0.121. The molecule has 5 heteroatoms. The van der Waals surface area contributed by atoms with E-state index in [1.54, 1.807) is 12.1 Å². The molecular weight excluding hydrogens is 379 g/mol. The largest absolute Gasteiger partial charge is 0.455 e. The van der Waals surface area contributed by atoms with Crippen LogP contribution in [-0.2, 0) is 11.3 Å². The zero-order chi connectivity index (χ0) is 20.8. The van der Waals surface area contributed by atoms with Gasteiger partial charge in [0.1, 0.15) is 11.6 Å². The fourth-order valence-corrected chi connectivity index (χ4v) is 3.79. The van der Waals surface area contributed by atoms with Gasteiger partial charge in [-0.3, -0.25) is 9.69 Å². The number of benzene rings is 3. The second-order valence-corrected chi connectivity index (χ2v) is 7.57. The first kappa shape index (κ1) is 20.1. The van der Waals surface area contributed by atoms with Gasteiger partial charge in [0, 0.05) is 18.7 Å². The number of nitrogens with one attached hydrogen (secondary N) is 1. The van der Waals surface area contributed by atoms with Gasteiger partial charge in [0.25, 0.3) is 0 Å². The highest BCUT2D eigenvalue weighted by atomic mass is 19.1. The normalized spacial score (nSPS) is 16.8. The van der Waals surface area contributed by atoms with Crippen molar-refractivity contribution in [1.29, 1.82) is 0 Å². The van der Waals surface area contributed by atoms with Gasteiger partial charge in [-0.1, -0.05) is 48.5 Å². The fraction of sp³-hybridized carbons (Fsp3) is 0.240. The molecule has 0 saturated carbocycles. The number of nitrogens with zero attached hydrogens (tertiary/aromatic N) is 1. The van der Waals surface area contributed by atoms with Crippen LogP contribution < -0.4 is 10.1 Å². The molecule has 1 aliphatic rings. The molecule has 4 rings (SSSR count). The van der Waals surface area contributed by atoms with Gasteiger partial charge in [0.2, 0.25) is 5.91 Å². The van der Waals surface area contributed by atoms with Gasteiger partial charge in [-0.15, -0.1) is 0 Å². The molecule has 3 aromatic carbocycles. The molecule has 1 fully saturated rings. The second kappa shape index (κ2) is 9.55. The number of piperidine rings is 1. The smallest absolute Gasteiger partial charge is 0.228 e. The van der Waals surface area contributed by atoms with Crippen molar-refractivity contribution in [1.82, 2.24) is 4.90 Å². The average molecular weight is 404 g/mol. The number of carbonyl (C=O) groups is 1. The maximum absolute atomic E-state index is 14.0. The van der Waals surface area contributed by atoms with Crippen molar-refractivity contribution >= 4 is 11.6 Å². The fourth-order valence-electron chi connectivity index (χ4n) is 3.79. The molecule has 30 heavy (non-hydrogen) atoms. The summed E-state index contributed by atoms with van der Waals surface area (Å²) >= 11 is 0. The Labute approximate surface area is 176 Å². The number of rotatable bonds is 6. The summed E-state index contributed by atoms with van der Waals surface area (Å²) in [6.45, 7) is 2.00. The van der Waals surface area contributed by atoms with Crippen molar-refractivity contribution in [3.05, 3.63) is 90.2 Å². The van der Waals surface area contributed by atoms with Crippen molar-refractivity contribution in [2.45, 2.75) is 19.4 Å². The molecule has 0 radical (unpaired) electrons. The van der Waals surface area contributed by atoms with Crippen LogP contribution >= 0.6 is 0 Å². The van der Waals surface area contributed by atoms with E-state index < -0.39 is 0 Å². The van der Waals surface area contributed by atoms with Crippen LogP contribution in [0.4, 0.5) is 10.1 Å². The van der Waals surface area contributed by atoms with Gasteiger partial charge >= 0.3 is 0 Å². The molecule has 0 bridgehead atoms. The van der Waals surface area contributed by atoms with E-state index >= 15 is 0 Å². The molecule has 154 valence electrons. The zero-order valence-corrected chi connectivity index (χ0v) is 16.8. The first-order valence-electron chi connectivity index (χ1n) is 10.3. The van der Waals surface area contributed by atoms with Crippen molar-refractivity contribution in [3.8, 4) is 11.5 Å². The van der Waals surface area contributed by atoms with Crippen molar-refractivity contribution in [2.24, 2.45) is 5.92 Å². The van der Waals surface area contributed by atoms with E-state index in [4.69, 9.17) is 4.74 Å². The summed E-state index contributed by atoms with van der Waals surface area (Å²) in [7, 11) is 0. The quantitative estimate of drug-likeness (QED) is 0.592. The number of hydrogen-bond acceptors (Lipinski definition) is 3. The number of halogens is 1. The van der Waals surface area contributed by atoms with Crippen molar-refractivity contribution in [3.63, 3.8) is 0 Å². The van der Waals surface area contributed by atoms with Crippen LogP contribution in [0.5, 0.6) is 11.5 Å². The lowest BCUT2D eigenvalue weighted by Crippen LogP contribution is -2.40. The minimum absolute atomic E-state index is 0.0302. The van der Waals surface area contributed by atoms with Crippen LogP contribution in [0.1, 0.15) is 18.4 Å². The molecule has 0 spiro atoms. The molecule has 1 amide bonds. The predicted octanol–water partition coefficient (Wildman–Crippen LogP) is 5.47. The molecule has 1 aliphatic heterocycles. The van der Waals surface area contributed by atoms with Gasteiger partial charge in [0.05, 0.1) is 11.6 Å². The minimum atomic E-state index is -0.198. The summed E-state index contributed by atoms with van der Waals surface area (Å²) in [4.78, 5) is 15.1. The molecule has 1 saturated heterocycles. The third kappa shape index (κ3) is 5.05. The first-order chi connectivity index (χ1) is 14.7. The van der Waals surface area contributed by atoms with Crippen LogP contribution in [0.25, 0.3) is 0 Å². The molecule has 3 aromatic rings. The summed E-state index contributed by atoms with van der Waals surface area (Å²) in [5.41, 5.74) is 1.32. The highest BCUT2D eigenvalue weighted by molar-refractivity contribution is 5.94. The molecule has 1 atom stereocenters. The maximum atomic E-state index is 14.0. The molecule has 0 aromatic heterocycles. The summed E-state index contributed by atoms with van der Waals surface area (Å²) in [6.07, 6.45) is 1.73. The SMILES string of the molecule is O=C(Nc1ccccc1Oc1ccccc1)C1CCCN(Cc2ccccc2F)C1. The topological polar surface area (TPSA) is 41.6 Å². The van der Waals surface area contributed by atoms with E-state index in [1.165, 1.54) is 6.07 Å². The van der Waals surface area contributed by atoms with Gasteiger partial charge in [0.15, 0.2) is 5.75 Å². The monoisotopic (exact) mass is 404 g/mol. The van der Waals surface area contributed by atoms with E-state index in [-0.39, 0.29) is 17.6 Å². The lowest BCUT2D eigenvalue weighted by atomic mass is 9.96. The zero-order valence-electron chi connectivity index (χ0n) is 16.8. The van der Waals surface area contributed by atoms with E-state index in [9.17, 15) is 9.18 Å². The van der Waals surface area contributed by atoms with Crippen molar-refractivity contribution < 1.29 is 13.9 Å². The Hall–Kier alpha value is -3.18. The Bertz CT molecular complexity index is 993. The summed E-state index contributed by atoms with van der Waals surface area (Å²) in [5.74, 6) is 0.952. The summed E-state index contributed by atoms with van der Waals surface area (Å²) in [6, 6.07) is 23.7. The Morgan fingerprint density at radius 2 is 1.73 bits per heavy atom. The molecule has 1 heterocycles. The standard InChI is InChI=1S/C25H25FN2O2/c26-22-13-5-4-9-19(22)17-28-16-8-10-20(18-28)25(29)27-23-14-6-7-15-24(23)30-21-11-2-1-3-12-21/h1-7,9,11-15,20H,8,10,16-18H2,(H,27,29). The first-order valence-corrected chi connectivity index (χ1v) is 10.3. The second-order valence-electron chi connectivity index (χ2n) is 7.57. The van der Waals surface area contributed by atoms with Gasteiger partial charge in [-0.25, -0.2) is 4.39 Å². The van der Waals surface area contributed by atoms with Crippen LogP contribution in [0, 0.1) is 11.7 Å². The van der Waals surface area contributed by atoms with Gasteiger partial charge < -0.3 is 10.1 Å². The highest BCUT2D eigenvalue weighted by Gasteiger charge is 2.26. The average Bonchev–Trinajstić information content (AvgIpc) is 2.78. The number of likely N-dealkylation sites (tertiary alicyclic amines) is 1. The number of anilines is 1. The minimum Gasteiger partial charge on any atom is -0.455 e. The molecule has 4 nitrogen and oxygen atoms in total. The summed E-state index contributed by atoms with van der Waals surface area (Å²) < 4.78 is 19.9. The Balaban J connectivity index is 1.41. The van der Waals surface area contributed by atoms with Crippen LogP contribution in [-0.4, -0.2) is 23.9 Å². The number of carbonyl (C=O) groups excluding carboxylic acids is 1. The van der Waals surface area contributed by atoms with Crippen LogP contribution in [0.3, 0.4) is 0 Å². The number of hydrogen-bond donors (Lipinski definition) is 1. The van der Waals surface area contributed by atoms with Gasteiger partial charge in [-0.2, -0.15) is 0 Å². The van der Waals surface area contributed by atoms with Crippen LogP contribution in [0.2, 0.25) is 0 Å². The van der Waals surface area contributed by atoms with Crippen molar-refractivity contribution in [2.75, 3.05) is 18.4 Å². The highest BCUT2D eigenvalue weighted by Crippen LogP contribution is 2.30. The van der Waals surface area contributed by atoms with Gasteiger partial charge in [-0.05, 0) is 49.7 Å². The Kier molecular flexibility index (Phi) is 6.40. The Morgan fingerprint density at radius 3 is 2.57 bits per heavy atom. The summed E-state index contributed by atoms with van der Waals surface area (Å²) in [5, 5.41) is 3.03. The van der Waals surface area contributed by atoms with Crippen LogP contribution in [0.15, 0.2) is 78.9 Å². The third-order valence-electron chi connectivity index (χ3n) is 5.34. The van der Waals surface area contributed by atoms with E-state index in [0.717, 1.165) is 19.4 Å². The predicted molar refractivity (Wildman–Crippen MR) is 116 cm³/mol. The maximum Gasteiger partial charge on any atom is 0.228 e. The Morgan fingerprint density at radius 1 is 1.00 bits per heavy atom. The number of para-hydroxylation sites is 3. The van der Waals surface area contributed by atoms with E-state index in [2.05, 4.69) is 10.2 Å². The third-order valence-corrected chi connectivity index (χ3v) is 5.34. The van der Waals surface area contributed by atoms with E-state index in [1.807, 2.05) is 60.7 Å². The van der Waals surface area contributed by atoms with E-state index in [0.29, 0.717) is 35.8 Å². The lowest BCUT2D eigenvalue weighted by Gasteiger charge is -2.32. The molecular formula is C25H25FN2O2. The number of ether oxygens (including phenoxy) is 1. The number of amides is 1.